The van der Waals surface area contributed by atoms with Crippen LogP contribution in [0, 0.1) is 6.92 Å². The molecule has 6 nitrogen and oxygen atoms in total. The maximum atomic E-state index is 10.4. The summed E-state index contributed by atoms with van der Waals surface area (Å²) in [7, 11) is 1.61. The van der Waals surface area contributed by atoms with E-state index in [1.54, 1.807) is 14.0 Å². The Kier molecular flexibility index (Phi) is 6.15. The molecule has 2 unspecified atom stereocenters. The molecule has 0 fully saturated rings. The molecule has 142 valence electrons. The van der Waals surface area contributed by atoms with E-state index in [9.17, 15) is 5.11 Å². The van der Waals surface area contributed by atoms with E-state index in [0.717, 1.165) is 21.3 Å². The van der Waals surface area contributed by atoms with Crippen molar-refractivity contribution in [2.24, 2.45) is 0 Å². The van der Waals surface area contributed by atoms with E-state index in [-0.39, 0.29) is 6.10 Å². The number of aromatic nitrogens is 1. The van der Waals surface area contributed by atoms with Crippen LogP contribution in [0.2, 0.25) is 0 Å². The van der Waals surface area contributed by atoms with Crippen LogP contribution in [-0.4, -0.2) is 23.8 Å². The first-order chi connectivity index (χ1) is 13.0. The lowest BCUT2D eigenvalue weighted by atomic mass is 10.1. The molecular weight excluding hydrogens is 412 g/mol. The van der Waals surface area contributed by atoms with Crippen LogP contribution in [0.1, 0.15) is 24.3 Å². The Hall–Kier alpha value is -2.35. The molecule has 3 rings (SSSR count). The van der Waals surface area contributed by atoms with Crippen molar-refractivity contribution in [1.82, 2.24) is 5.16 Å². The van der Waals surface area contributed by atoms with Crippen LogP contribution in [0.5, 0.6) is 5.75 Å². The highest BCUT2D eigenvalue weighted by atomic mass is 79.9. The number of aliphatic hydroxyl groups is 1. The molecule has 7 heteroatoms. The first kappa shape index (κ1) is 19.4. The number of benzene rings is 2. The summed E-state index contributed by atoms with van der Waals surface area (Å²) in [6.07, 6.45) is -1.59. The highest BCUT2D eigenvalue weighted by Crippen LogP contribution is 2.32. The highest BCUT2D eigenvalue weighted by molar-refractivity contribution is 9.10. The summed E-state index contributed by atoms with van der Waals surface area (Å²) in [6, 6.07) is 15.2. The van der Waals surface area contributed by atoms with Crippen molar-refractivity contribution in [3.63, 3.8) is 0 Å². The predicted octanol–water partition coefficient (Wildman–Crippen LogP) is 4.89. The minimum atomic E-state index is -1.24. The van der Waals surface area contributed by atoms with Gasteiger partial charge in [0, 0.05) is 10.0 Å². The Morgan fingerprint density at radius 3 is 2.63 bits per heavy atom. The number of nitrogens with zero attached hydrogens (tertiary/aromatic N) is 1. The number of methoxy groups -OCH3 is 1. The van der Waals surface area contributed by atoms with E-state index >= 15 is 0 Å². The largest absolute Gasteiger partial charge is 0.497 e. The van der Waals surface area contributed by atoms with Gasteiger partial charge in [-0.05, 0) is 55.8 Å². The summed E-state index contributed by atoms with van der Waals surface area (Å²) in [4.78, 5) is 0. The summed E-state index contributed by atoms with van der Waals surface area (Å²) >= 11 is 3.41. The standard InChI is InChI=1S/C20H21BrN2O4/c1-12-18(19(27-23-12)14-7-9-16(21)10-8-14)22-20(24)26-13(2)15-5-4-6-17(11-15)25-3/h4-11,13,20,22,24H,1-3H3. The lowest BCUT2D eigenvalue weighted by Gasteiger charge is -2.20. The zero-order chi connectivity index (χ0) is 19.4. The number of hydrogen-bond donors (Lipinski definition) is 2. The number of aliphatic hydroxyl groups excluding tert-OH is 1. The third-order valence-electron chi connectivity index (χ3n) is 4.13. The van der Waals surface area contributed by atoms with E-state index in [1.807, 2.05) is 55.5 Å². The van der Waals surface area contributed by atoms with E-state index in [4.69, 9.17) is 14.0 Å². The van der Waals surface area contributed by atoms with Gasteiger partial charge in [0.15, 0.2) is 5.76 Å². The number of anilines is 1. The molecule has 2 aromatic carbocycles. The van der Waals surface area contributed by atoms with Gasteiger partial charge in [0.25, 0.3) is 0 Å². The minimum Gasteiger partial charge on any atom is -0.497 e. The maximum Gasteiger partial charge on any atom is 0.236 e. The van der Waals surface area contributed by atoms with Gasteiger partial charge in [-0.1, -0.05) is 33.2 Å². The van der Waals surface area contributed by atoms with Crippen molar-refractivity contribution in [3.8, 4) is 17.1 Å². The molecular formula is C20H21BrN2O4. The lowest BCUT2D eigenvalue weighted by molar-refractivity contribution is -0.113. The SMILES string of the molecule is COc1cccc(C(C)OC(O)Nc2c(C)noc2-c2ccc(Br)cc2)c1. The van der Waals surface area contributed by atoms with Crippen LogP contribution in [0.25, 0.3) is 11.3 Å². The third kappa shape index (κ3) is 4.68. The first-order valence-corrected chi connectivity index (χ1v) is 9.23. The molecule has 0 aliphatic heterocycles. The summed E-state index contributed by atoms with van der Waals surface area (Å²) in [6.45, 7) is 3.65. The second-order valence-corrected chi connectivity index (χ2v) is 6.95. The van der Waals surface area contributed by atoms with Gasteiger partial charge in [-0.25, -0.2) is 0 Å². The van der Waals surface area contributed by atoms with Gasteiger partial charge in [-0.3, -0.25) is 0 Å². The van der Waals surface area contributed by atoms with Gasteiger partial charge in [0.1, 0.15) is 17.1 Å². The van der Waals surface area contributed by atoms with Gasteiger partial charge in [-0.2, -0.15) is 0 Å². The summed E-state index contributed by atoms with van der Waals surface area (Å²) < 4.78 is 17.3. The molecule has 0 radical (unpaired) electrons. The highest BCUT2D eigenvalue weighted by Gasteiger charge is 2.20. The van der Waals surface area contributed by atoms with Crippen LogP contribution in [0.3, 0.4) is 0 Å². The van der Waals surface area contributed by atoms with Gasteiger partial charge >= 0.3 is 0 Å². The van der Waals surface area contributed by atoms with Crippen molar-refractivity contribution >= 4 is 21.6 Å². The molecule has 1 aromatic heterocycles. The Bertz CT molecular complexity index is 895. The van der Waals surface area contributed by atoms with Gasteiger partial charge < -0.3 is 24.4 Å². The topological polar surface area (TPSA) is 76.8 Å². The summed E-state index contributed by atoms with van der Waals surface area (Å²) in [5.41, 5.74) is 2.95. The third-order valence-corrected chi connectivity index (χ3v) is 4.66. The molecule has 27 heavy (non-hydrogen) atoms. The molecule has 0 saturated carbocycles. The zero-order valence-corrected chi connectivity index (χ0v) is 16.9. The minimum absolute atomic E-state index is 0.348. The Balaban J connectivity index is 1.73. The lowest BCUT2D eigenvalue weighted by Crippen LogP contribution is -2.24. The van der Waals surface area contributed by atoms with Crippen molar-refractivity contribution in [2.45, 2.75) is 26.4 Å². The molecule has 0 amide bonds. The van der Waals surface area contributed by atoms with Crippen LogP contribution in [-0.2, 0) is 4.74 Å². The second-order valence-electron chi connectivity index (χ2n) is 6.03. The fourth-order valence-electron chi connectivity index (χ4n) is 2.66. The Morgan fingerprint density at radius 1 is 1.19 bits per heavy atom. The number of rotatable bonds is 7. The molecule has 0 saturated heterocycles. The van der Waals surface area contributed by atoms with E-state index in [2.05, 4.69) is 26.4 Å². The van der Waals surface area contributed by atoms with E-state index < -0.39 is 6.41 Å². The fourth-order valence-corrected chi connectivity index (χ4v) is 2.93. The molecule has 0 aliphatic rings. The monoisotopic (exact) mass is 432 g/mol. The molecule has 0 spiro atoms. The number of halogens is 1. The first-order valence-electron chi connectivity index (χ1n) is 8.44. The van der Waals surface area contributed by atoms with Crippen molar-refractivity contribution in [2.75, 3.05) is 12.4 Å². The van der Waals surface area contributed by atoms with E-state index in [0.29, 0.717) is 17.1 Å². The van der Waals surface area contributed by atoms with Crippen molar-refractivity contribution in [3.05, 3.63) is 64.3 Å². The van der Waals surface area contributed by atoms with Gasteiger partial charge in [0.05, 0.1) is 13.2 Å². The Labute approximate surface area is 166 Å². The zero-order valence-electron chi connectivity index (χ0n) is 15.3. The number of nitrogens with one attached hydrogen (secondary N) is 1. The van der Waals surface area contributed by atoms with Crippen LogP contribution < -0.4 is 10.1 Å². The van der Waals surface area contributed by atoms with Crippen LogP contribution in [0.15, 0.2) is 57.5 Å². The second kappa shape index (κ2) is 8.56. The average molecular weight is 433 g/mol. The quantitative estimate of drug-likeness (QED) is 0.517. The summed E-state index contributed by atoms with van der Waals surface area (Å²) in [5.74, 6) is 1.27. The number of hydrogen-bond acceptors (Lipinski definition) is 6. The molecule has 2 N–H and O–H groups in total. The normalized spacial score (nSPS) is 13.2. The van der Waals surface area contributed by atoms with Crippen molar-refractivity contribution in [1.29, 1.82) is 0 Å². The predicted molar refractivity (Wildman–Crippen MR) is 106 cm³/mol. The molecule has 0 aliphatic carbocycles. The van der Waals surface area contributed by atoms with E-state index in [1.165, 1.54) is 0 Å². The van der Waals surface area contributed by atoms with Crippen LogP contribution in [0.4, 0.5) is 5.69 Å². The maximum absolute atomic E-state index is 10.4. The molecule has 2 atom stereocenters. The molecule has 3 aromatic rings. The number of ether oxygens (including phenoxy) is 2. The fraction of sp³-hybridized carbons (Fsp3) is 0.250. The average Bonchev–Trinajstić information content (AvgIpc) is 3.02. The van der Waals surface area contributed by atoms with Crippen molar-refractivity contribution < 1.29 is 19.1 Å². The Morgan fingerprint density at radius 2 is 1.93 bits per heavy atom. The summed E-state index contributed by atoms with van der Waals surface area (Å²) in [5, 5.41) is 17.3. The van der Waals surface area contributed by atoms with Gasteiger partial charge in [0.2, 0.25) is 6.41 Å². The molecule has 0 bridgehead atoms. The van der Waals surface area contributed by atoms with Gasteiger partial charge in [-0.15, -0.1) is 0 Å². The smallest absolute Gasteiger partial charge is 0.236 e. The van der Waals surface area contributed by atoms with Crippen LogP contribution >= 0.6 is 15.9 Å². The number of aryl methyl sites for hydroxylation is 1. The molecule has 1 heterocycles.